The fraction of sp³-hybridized carbons (Fsp3) is 0.400. The van der Waals surface area contributed by atoms with Crippen molar-refractivity contribution >= 4 is 22.8 Å². The van der Waals surface area contributed by atoms with Gasteiger partial charge in [0.2, 0.25) is 11.1 Å². The van der Waals surface area contributed by atoms with E-state index in [0.29, 0.717) is 30.5 Å². The first-order valence-electron chi connectivity index (χ1n) is 4.26. The summed E-state index contributed by atoms with van der Waals surface area (Å²) in [6.45, 7) is 9.12. The van der Waals surface area contributed by atoms with E-state index in [9.17, 15) is 9.59 Å². The Balaban J connectivity index is 3.57. The molecule has 0 aromatic rings. The summed E-state index contributed by atoms with van der Waals surface area (Å²) < 4.78 is 0. The van der Waals surface area contributed by atoms with Gasteiger partial charge in [0.05, 0.1) is 0 Å². The zero-order chi connectivity index (χ0) is 11.1. The van der Waals surface area contributed by atoms with Crippen LogP contribution in [0.1, 0.15) is 19.8 Å². The second-order valence-corrected chi connectivity index (χ2v) is 3.36. The maximum Gasteiger partial charge on any atom is 0.247 e. The first-order valence-corrected chi connectivity index (χ1v) is 4.64. The predicted molar refractivity (Wildman–Crippen MR) is 57.1 cm³/mol. The van der Waals surface area contributed by atoms with Crippen molar-refractivity contribution in [3.8, 4) is 0 Å². The highest BCUT2D eigenvalue weighted by atomic mass is 35.5. The third-order valence-electron chi connectivity index (χ3n) is 1.61. The number of carbonyl (C=O) groups is 2. The second kappa shape index (κ2) is 6.38. The highest BCUT2D eigenvalue weighted by Crippen LogP contribution is 2.05. The molecule has 0 fully saturated rings. The minimum Gasteiger partial charge on any atom is -0.352 e. The minimum absolute atomic E-state index is 0.173. The topological polar surface area (TPSA) is 46.2 Å². The maximum absolute atomic E-state index is 11.0. The van der Waals surface area contributed by atoms with Crippen molar-refractivity contribution in [1.82, 2.24) is 5.32 Å². The normalized spacial score (nSPS) is 9.29. The zero-order valence-corrected chi connectivity index (χ0v) is 8.99. The fourth-order valence-electron chi connectivity index (χ4n) is 0.753. The lowest BCUT2D eigenvalue weighted by molar-refractivity contribution is -0.117. The molecule has 0 aliphatic carbocycles. The van der Waals surface area contributed by atoms with Gasteiger partial charge in [-0.15, -0.1) is 0 Å². The Morgan fingerprint density at radius 3 is 2.36 bits per heavy atom. The molecular weight excluding hydrogens is 202 g/mol. The lowest BCUT2D eigenvalue weighted by atomic mass is 10.2. The van der Waals surface area contributed by atoms with Gasteiger partial charge in [-0.05, 0) is 31.4 Å². The van der Waals surface area contributed by atoms with Crippen LogP contribution in [0.4, 0.5) is 0 Å². The number of hydrogen-bond acceptors (Lipinski definition) is 2. The fourth-order valence-corrected chi connectivity index (χ4v) is 0.847. The SMILES string of the molecule is C=C(C)C(=O)NCCCC(=C)C(=O)Cl. The van der Waals surface area contributed by atoms with Crippen LogP contribution in [0.25, 0.3) is 0 Å². The van der Waals surface area contributed by atoms with E-state index in [1.165, 1.54) is 0 Å². The Bertz CT molecular complexity index is 243. The summed E-state index contributed by atoms with van der Waals surface area (Å²) in [5.41, 5.74) is 0.841. The summed E-state index contributed by atoms with van der Waals surface area (Å²) in [6.07, 6.45) is 1.15. The van der Waals surface area contributed by atoms with Gasteiger partial charge < -0.3 is 5.32 Å². The molecule has 0 saturated carbocycles. The van der Waals surface area contributed by atoms with Crippen LogP contribution in [0.2, 0.25) is 0 Å². The molecule has 1 N–H and O–H groups in total. The van der Waals surface area contributed by atoms with Crippen LogP contribution in [0.15, 0.2) is 24.3 Å². The van der Waals surface area contributed by atoms with E-state index >= 15 is 0 Å². The number of hydrogen-bond donors (Lipinski definition) is 1. The second-order valence-electron chi connectivity index (χ2n) is 3.02. The molecular formula is C10H14ClNO2. The molecule has 3 nitrogen and oxygen atoms in total. The van der Waals surface area contributed by atoms with Crippen molar-refractivity contribution in [3.63, 3.8) is 0 Å². The largest absolute Gasteiger partial charge is 0.352 e. The average Bonchev–Trinajstić information content (AvgIpc) is 2.11. The summed E-state index contributed by atoms with van der Waals surface area (Å²) in [5.74, 6) is -0.173. The van der Waals surface area contributed by atoms with E-state index in [1.807, 2.05) is 0 Å². The molecule has 0 heterocycles. The Kier molecular flexibility index (Phi) is 5.88. The van der Waals surface area contributed by atoms with Crippen LogP contribution in [-0.4, -0.2) is 17.7 Å². The number of halogens is 1. The van der Waals surface area contributed by atoms with Crippen LogP contribution in [0.3, 0.4) is 0 Å². The number of carbonyl (C=O) groups excluding carboxylic acids is 2. The van der Waals surface area contributed by atoms with E-state index in [4.69, 9.17) is 11.6 Å². The van der Waals surface area contributed by atoms with Crippen molar-refractivity contribution in [1.29, 1.82) is 0 Å². The molecule has 0 aliphatic heterocycles. The summed E-state index contributed by atoms with van der Waals surface area (Å²) >= 11 is 5.18. The van der Waals surface area contributed by atoms with Crippen LogP contribution >= 0.6 is 11.6 Å². The van der Waals surface area contributed by atoms with Gasteiger partial charge in [-0.3, -0.25) is 9.59 Å². The highest BCUT2D eigenvalue weighted by molar-refractivity contribution is 6.67. The minimum atomic E-state index is -0.517. The quantitative estimate of drug-likeness (QED) is 0.417. The summed E-state index contributed by atoms with van der Waals surface area (Å²) in [4.78, 5) is 21.5. The third kappa shape index (κ3) is 5.54. The number of rotatable bonds is 6. The van der Waals surface area contributed by atoms with Crippen LogP contribution in [0.5, 0.6) is 0 Å². The molecule has 0 aromatic heterocycles. The molecule has 0 aliphatic rings. The van der Waals surface area contributed by atoms with Crippen molar-refractivity contribution in [2.24, 2.45) is 0 Å². The Labute approximate surface area is 88.8 Å². The monoisotopic (exact) mass is 215 g/mol. The number of amides is 1. The third-order valence-corrected chi connectivity index (χ3v) is 1.87. The molecule has 0 bridgehead atoms. The molecule has 0 rings (SSSR count). The molecule has 0 atom stereocenters. The average molecular weight is 216 g/mol. The van der Waals surface area contributed by atoms with Crippen LogP contribution in [0, 0.1) is 0 Å². The maximum atomic E-state index is 11.0. The Morgan fingerprint density at radius 1 is 1.36 bits per heavy atom. The van der Waals surface area contributed by atoms with E-state index in [0.717, 1.165) is 0 Å². The van der Waals surface area contributed by atoms with Gasteiger partial charge >= 0.3 is 0 Å². The summed E-state index contributed by atoms with van der Waals surface area (Å²) in [7, 11) is 0. The predicted octanol–water partition coefficient (Wildman–Crippen LogP) is 1.78. The molecule has 14 heavy (non-hydrogen) atoms. The van der Waals surface area contributed by atoms with Crippen molar-refractivity contribution < 1.29 is 9.59 Å². The van der Waals surface area contributed by atoms with E-state index < -0.39 is 5.24 Å². The zero-order valence-electron chi connectivity index (χ0n) is 8.23. The van der Waals surface area contributed by atoms with Gasteiger partial charge in [0.1, 0.15) is 0 Å². The molecule has 1 amide bonds. The lowest BCUT2D eigenvalue weighted by Crippen LogP contribution is -2.24. The van der Waals surface area contributed by atoms with Gasteiger partial charge in [0.25, 0.3) is 0 Å². The smallest absolute Gasteiger partial charge is 0.247 e. The lowest BCUT2D eigenvalue weighted by Gasteiger charge is -2.04. The molecule has 0 saturated heterocycles. The molecule has 0 spiro atoms. The molecule has 0 aromatic carbocycles. The Morgan fingerprint density at radius 2 is 1.93 bits per heavy atom. The first-order chi connectivity index (χ1) is 6.45. The van der Waals surface area contributed by atoms with Crippen molar-refractivity contribution in [3.05, 3.63) is 24.3 Å². The van der Waals surface area contributed by atoms with Crippen LogP contribution < -0.4 is 5.32 Å². The Hall–Kier alpha value is -1.09. The van der Waals surface area contributed by atoms with Gasteiger partial charge in [-0.25, -0.2) is 0 Å². The standard InChI is InChI=1S/C10H14ClNO2/c1-7(2)10(14)12-6-4-5-8(3)9(11)13/h1,3-6H2,2H3,(H,12,14). The van der Waals surface area contributed by atoms with Gasteiger partial charge in [-0.1, -0.05) is 13.2 Å². The summed E-state index contributed by atoms with van der Waals surface area (Å²) in [5, 5.41) is 2.13. The van der Waals surface area contributed by atoms with Crippen molar-refractivity contribution in [2.75, 3.05) is 6.54 Å². The molecule has 0 unspecified atom stereocenters. The van der Waals surface area contributed by atoms with Gasteiger partial charge in [0.15, 0.2) is 0 Å². The highest BCUT2D eigenvalue weighted by Gasteiger charge is 2.03. The molecule has 78 valence electrons. The number of nitrogens with one attached hydrogen (secondary N) is 1. The van der Waals surface area contributed by atoms with Gasteiger partial charge in [0, 0.05) is 17.7 Å². The molecule has 0 radical (unpaired) electrons. The van der Waals surface area contributed by atoms with Crippen molar-refractivity contribution in [2.45, 2.75) is 19.8 Å². The summed E-state index contributed by atoms with van der Waals surface area (Å²) in [6, 6.07) is 0. The molecule has 4 heteroatoms. The first kappa shape index (κ1) is 12.9. The van der Waals surface area contributed by atoms with E-state index in [2.05, 4.69) is 18.5 Å². The van der Waals surface area contributed by atoms with Crippen LogP contribution in [-0.2, 0) is 9.59 Å². The van der Waals surface area contributed by atoms with E-state index in [1.54, 1.807) is 6.92 Å². The number of allylic oxidation sites excluding steroid dienone is 1. The van der Waals surface area contributed by atoms with Gasteiger partial charge in [-0.2, -0.15) is 0 Å². The van der Waals surface area contributed by atoms with E-state index in [-0.39, 0.29) is 5.91 Å².